The predicted molar refractivity (Wildman–Crippen MR) is 126 cm³/mol. The number of hydrogen-bond donors (Lipinski definition) is 3. The van der Waals surface area contributed by atoms with Crippen molar-refractivity contribution in [2.75, 3.05) is 31.1 Å². The molecule has 0 spiro atoms. The van der Waals surface area contributed by atoms with Crippen molar-refractivity contribution in [1.29, 1.82) is 0 Å². The summed E-state index contributed by atoms with van der Waals surface area (Å²) in [6.45, 7) is 9.96. The van der Waals surface area contributed by atoms with Crippen LogP contribution in [0.1, 0.15) is 52.0 Å². The molecule has 0 amide bonds. The maximum Gasteiger partial charge on any atom is 0.191 e. The van der Waals surface area contributed by atoms with Crippen molar-refractivity contribution in [1.82, 2.24) is 10.6 Å². The maximum atomic E-state index is 14.6. The van der Waals surface area contributed by atoms with Gasteiger partial charge in [-0.3, -0.25) is 0 Å². The monoisotopic (exact) mass is 506 g/mol. The molecule has 1 aliphatic rings. The summed E-state index contributed by atoms with van der Waals surface area (Å²) in [5.41, 5.74) is 1.47. The zero-order valence-corrected chi connectivity index (χ0v) is 19.7. The van der Waals surface area contributed by atoms with Gasteiger partial charge in [-0.2, -0.15) is 0 Å². The molecular formula is C21H36FIN4O. The summed E-state index contributed by atoms with van der Waals surface area (Å²) >= 11 is 0. The van der Waals surface area contributed by atoms with Crippen molar-refractivity contribution < 1.29 is 9.50 Å². The van der Waals surface area contributed by atoms with Crippen molar-refractivity contribution in [2.45, 2.75) is 59.1 Å². The van der Waals surface area contributed by atoms with Crippen LogP contribution in [0.3, 0.4) is 0 Å². The number of benzene rings is 1. The van der Waals surface area contributed by atoms with Gasteiger partial charge in [0, 0.05) is 26.2 Å². The second-order valence-electron chi connectivity index (χ2n) is 7.26. The lowest BCUT2D eigenvalue weighted by atomic mass is 10.0. The van der Waals surface area contributed by atoms with Crippen LogP contribution in [0.15, 0.2) is 23.2 Å². The van der Waals surface area contributed by atoms with Crippen molar-refractivity contribution in [3.8, 4) is 0 Å². The van der Waals surface area contributed by atoms with Crippen LogP contribution in [0.4, 0.5) is 10.1 Å². The van der Waals surface area contributed by atoms with Gasteiger partial charge in [0.15, 0.2) is 5.96 Å². The molecule has 3 N–H and O–H groups in total. The average Bonchev–Trinajstić information content (AvgIpc) is 2.67. The van der Waals surface area contributed by atoms with E-state index in [1.165, 1.54) is 0 Å². The first-order chi connectivity index (χ1) is 13.1. The Kier molecular flexibility index (Phi) is 11.8. The van der Waals surface area contributed by atoms with Crippen molar-refractivity contribution in [2.24, 2.45) is 10.9 Å². The number of rotatable bonds is 8. The van der Waals surface area contributed by atoms with E-state index >= 15 is 0 Å². The van der Waals surface area contributed by atoms with E-state index in [0.29, 0.717) is 44.1 Å². The van der Waals surface area contributed by atoms with Gasteiger partial charge in [0.25, 0.3) is 0 Å². The van der Waals surface area contributed by atoms with Gasteiger partial charge in [-0.1, -0.05) is 32.8 Å². The Labute approximate surface area is 186 Å². The molecule has 1 aromatic carbocycles. The first-order valence-corrected chi connectivity index (χ1v) is 10.3. The van der Waals surface area contributed by atoms with E-state index in [-0.39, 0.29) is 35.9 Å². The molecule has 1 fully saturated rings. The molecule has 0 radical (unpaired) electrons. The molecule has 0 unspecified atom stereocenters. The van der Waals surface area contributed by atoms with E-state index in [1.54, 1.807) is 6.07 Å². The number of halogens is 2. The SMILES string of the molecule is CCNC(=NCc1ccc(N2CCC(O)CC2)c(F)c1)NCC(CC)CC.I. The summed E-state index contributed by atoms with van der Waals surface area (Å²) in [6, 6.07) is 5.36. The van der Waals surface area contributed by atoms with E-state index in [1.807, 2.05) is 24.0 Å². The second-order valence-corrected chi connectivity index (χ2v) is 7.26. The predicted octanol–water partition coefficient (Wildman–Crippen LogP) is 3.90. The summed E-state index contributed by atoms with van der Waals surface area (Å²) in [5, 5.41) is 16.3. The van der Waals surface area contributed by atoms with Crippen LogP contribution in [-0.2, 0) is 6.54 Å². The molecule has 2 rings (SSSR count). The van der Waals surface area contributed by atoms with Gasteiger partial charge >= 0.3 is 0 Å². The molecule has 160 valence electrons. The fourth-order valence-electron chi connectivity index (χ4n) is 3.34. The highest BCUT2D eigenvalue weighted by molar-refractivity contribution is 14.0. The normalized spacial score (nSPS) is 15.5. The number of hydrogen-bond acceptors (Lipinski definition) is 3. The third kappa shape index (κ3) is 7.73. The van der Waals surface area contributed by atoms with Gasteiger partial charge in [-0.05, 0) is 43.4 Å². The van der Waals surface area contributed by atoms with Crippen LogP contribution >= 0.6 is 24.0 Å². The molecule has 0 saturated carbocycles. The number of piperidine rings is 1. The van der Waals surface area contributed by atoms with Crippen molar-refractivity contribution in [3.63, 3.8) is 0 Å². The molecule has 7 heteroatoms. The fraction of sp³-hybridized carbons (Fsp3) is 0.667. The topological polar surface area (TPSA) is 59.9 Å². The van der Waals surface area contributed by atoms with Crippen LogP contribution in [-0.4, -0.2) is 43.3 Å². The van der Waals surface area contributed by atoms with Crippen LogP contribution in [0.2, 0.25) is 0 Å². The highest BCUT2D eigenvalue weighted by atomic mass is 127. The number of nitrogens with one attached hydrogen (secondary N) is 2. The van der Waals surface area contributed by atoms with E-state index < -0.39 is 0 Å². The van der Waals surface area contributed by atoms with E-state index in [0.717, 1.165) is 37.5 Å². The van der Waals surface area contributed by atoms with Crippen LogP contribution < -0.4 is 15.5 Å². The van der Waals surface area contributed by atoms with E-state index in [9.17, 15) is 9.50 Å². The number of anilines is 1. The maximum absolute atomic E-state index is 14.6. The number of aliphatic hydroxyl groups excluding tert-OH is 1. The lowest BCUT2D eigenvalue weighted by molar-refractivity contribution is 0.145. The van der Waals surface area contributed by atoms with Gasteiger partial charge in [0.1, 0.15) is 5.82 Å². The third-order valence-corrected chi connectivity index (χ3v) is 5.29. The Morgan fingerprint density at radius 1 is 1.21 bits per heavy atom. The Hall–Kier alpha value is -1.09. The number of aliphatic imine (C=N–C) groups is 1. The quantitative estimate of drug-likeness (QED) is 0.285. The molecule has 1 saturated heterocycles. The minimum Gasteiger partial charge on any atom is -0.393 e. The standard InChI is InChI=1S/C21H35FN4O.HI/c1-4-16(5-2)14-24-21(23-6-3)25-15-17-7-8-20(19(22)13-17)26-11-9-18(27)10-12-26;/h7-8,13,16,18,27H,4-6,9-12,14-15H2,1-3H3,(H2,23,24,25);1H. The second kappa shape index (κ2) is 13.2. The highest BCUT2D eigenvalue weighted by Crippen LogP contribution is 2.24. The fourth-order valence-corrected chi connectivity index (χ4v) is 3.34. The summed E-state index contributed by atoms with van der Waals surface area (Å²) in [5.74, 6) is 1.20. The van der Waals surface area contributed by atoms with Crippen molar-refractivity contribution in [3.05, 3.63) is 29.6 Å². The largest absolute Gasteiger partial charge is 0.393 e. The lowest BCUT2D eigenvalue weighted by Gasteiger charge is -2.31. The molecule has 0 aliphatic carbocycles. The Morgan fingerprint density at radius 2 is 1.89 bits per heavy atom. The Morgan fingerprint density at radius 3 is 2.46 bits per heavy atom. The average molecular weight is 506 g/mol. The van der Waals surface area contributed by atoms with Gasteiger partial charge in [-0.15, -0.1) is 24.0 Å². The molecule has 5 nitrogen and oxygen atoms in total. The molecule has 0 bridgehead atoms. The Balaban J connectivity index is 0.00000392. The zero-order valence-electron chi connectivity index (χ0n) is 17.4. The molecule has 28 heavy (non-hydrogen) atoms. The van der Waals surface area contributed by atoms with Crippen LogP contribution in [0.5, 0.6) is 0 Å². The third-order valence-electron chi connectivity index (χ3n) is 5.29. The minimum absolute atomic E-state index is 0. The van der Waals surface area contributed by atoms with Gasteiger partial charge in [0.05, 0.1) is 18.3 Å². The van der Waals surface area contributed by atoms with E-state index in [2.05, 4.69) is 29.5 Å². The number of aliphatic hydroxyl groups is 1. The van der Waals surface area contributed by atoms with Crippen LogP contribution in [0, 0.1) is 11.7 Å². The summed E-state index contributed by atoms with van der Waals surface area (Å²) in [7, 11) is 0. The molecule has 1 heterocycles. The van der Waals surface area contributed by atoms with Gasteiger partial charge in [0.2, 0.25) is 0 Å². The molecule has 0 aromatic heterocycles. The summed E-state index contributed by atoms with van der Waals surface area (Å²) in [4.78, 5) is 6.61. The number of guanidine groups is 1. The minimum atomic E-state index is -0.255. The molecule has 0 atom stereocenters. The smallest absolute Gasteiger partial charge is 0.191 e. The first-order valence-electron chi connectivity index (χ1n) is 10.3. The van der Waals surface area contributed by atoms with Gasteiger partial charge in [-0.25, -0.2) is 9.38 Å². The molecule has 1 aromatic rings. The molecular weight excluding hydrogens is 470 g/mol. The number of nitrogens with zero attached hydrogens (tertiary/aromatic N) is 2. The zero-order chi connectivity index (χ0) is 19.6. The van der Waals surface area contributed by atoms with Crippen LogP contribution in [0.25, 0.3) is 0 Å². The summed E-state index contributed by atoms with van der Waals surface area (Å²) < 4.78 is 14.6. The molecule has 1 aliphatic heterocycles. The van der Waals surface area contributed by atoms with Crippen molar-refractivity contribution >= 4 is 35.6 Å². The van der Waals surface area contributed by atoms with E-state index in [4.69, 9.17) is 0 Å². The Bertz CT molecular complexity index is 602. The summed E-state index contributed by atoms with van der Waals surface area (Å²) in [6.07, 6.45) is 3.42. The highest BCUT2D eigenvalue weighted by Gasteiger charge is 2.19. The first kappa shape index (κ1) is 24.9. The lowest BCUT2D eigenvalue weighted by Crippen LogP contribution is -2.39. The van der Waals surface area contributed by atoms with Gasteiger partial charge < -0.3 is 20.6 Å².